The molecule has 0 saturated carbocycles. The summed E-state index contributed by atoms with van der Waals surface area (Å²) < 4.78 is 0. The van der Waals surface area contributed by atoms with E-state index in [0.717, 1.165) is 0 Å². The predicted molar refractivity (Wildman–Crippen MR) is 68.4 cm³/mol. The third kappa shape index (κ3) is 3.05. The molecule has 0 aromatic carbocycles. The smallest absolute Gasteiger partial charge is 0.354 e. The van der Waals surface area contributed by atoms with E-state index in [1.165, 1.54) is 30.5 Å². The second-order valence-electron chi connectivity index (χ2n) is 3.51. The Kier molecular flexibility index (Phi) is 3.72. The zero-order valence-electron chi connectivity index (χ0n) is 9.50. The fourth-order valence-electron chi connectivity index (χ4n) is 1.36. The van der Waals surface area contributed by atoms with E-state index in [2.05, 4.69) is 15.3 Å². The van der Waals surface area contributed by atoms with E-state index in [-0.39, 0.29) is 22.2 Å². The molecule has 0 radical (unpaired) electrons. The SMILES string of the molecule is O=C(O)c1cccc(NC(=O)c2cccnc2Cl)n1. The number of halogens is 1. The van der Waals surface area contributed by atoms with E-state index in [4.69, 9.17) is 16.7 Å². The van der Waals surface area contributed by atoms with Gasteiger partial charge in [0, 0.05) is 6.20 Å². The van der Waals surface area contributed by atoms with Crippen LogP contribution in [0, 0.1) is 0 Å². The highest BCUT2D eigenvalue weighted by Gasteiger charge is 2.12. The number of anilines is 1. The first kappa shape index (κ1) is 13.0. The normalized spacial score (nSPS) is 9.95. The summed E-state index contributed by atoms with van der Waals surface area (Å²) in [7, 11) is 0. The van der Waals surface area contributed by atoms with Gasteiger partial charge in [-0.1, -0.05) is 17.7 Å². The van der Waals surface area contributed by atoms with Gasteiger partial charge in [0.05, 0.1) is 5.56 Å². The summed E-state index contributed by atoms with van der Waals surface area (Å²) in [6.07, 6.45) is 1.46. The molecule has 0 unspecified atom stereocenters. The van der Waals surface area contributed by atoms with Crippen molar-refractivity contribution in [3.05, 3.63) is 52.9 Å². The number of amides is 1. The number of nitrogens with one attached hydrogen (secondary N) is 1. The third-order valence-electron chi connectivity index (χ3n) is 2.21. The Balaban J connectivity index is 2.22. The van der Waals surface area contributed by atoms with E-state index >= 15 is 0 Å². The average Bonchev–Trinajstić information content (AvgIpc) is 2.39. The van der Waals surface area contributed by atoms with Gasteiger partial charge in [-0.25, -0.2) is 14.8 Å². The molecule has 0 saturated heterocycles. The molecule has 0 aliphatic rings. The molecule has 0 aliphatic heterocycles. The molecule has 2 aromatic heterocycles. The minimum absolute atomic E-state index is 0.0642. The van der Waals surface area contributed by atoms with Gasteiger partial charge in [-0.05, 0) is 24.3 Å². The molecular formula is C12H8ClN3O3. The Morgan fingerprint density at radius 3 is 2.68 bits per heavy atom. The number of hydrogen-bond donors (Lipinski definition) is 2. The number of carboxylic acid groups (broad SMARTS) is 1. The highest BCUT2D eigenvalue weighted by Crippen LogP contribution is 2.14. The number of aromatic nitrogens is 2. The molecule has 2 rings (SSSR count). The van der Waals surface area contributed by atoms with Crippen molar-refractivity contribution in [3.63, 3.8) is 0 Å². The second kappa shape index (κ2) is 5.45. The molecule has 1 amide bonds. The van der Waals surface area contributed by atoms with Gasteiger partial charge in [-0.2, -0.15) is 0 Å². The molecule has 0 fully saturated rings. The number of hydrogen-bond acceptors (Lipinski definition) is 4. The summed E-state index contributed by atoms with van der Waals surface area (Å²) in [6.45, 7) is 0. The fraction of sp³-hybridized carbons (Fsp3) is 0. The number of aromatic carboxylic acids is 1. The van der Waals surface area contributed by atoms with Crippen LogP contribution in [0.2, 0.25) is 5.15 Å². The maximum Gasteiger partial charge on any atom is 0.354 e. The molecular weight excluding hydrogens is 270 g/mol. The summed E-state index contributed by atoms with van der Waals surface area (Å²) in [6, 6.07) is 7.37. The highest BCUT2D eigenvalue weighted by molar-refractivity contribution is 6.33. The minimum Gasteiger partial charge on any atom is -0.477 e. The highest BCUT2D eigenvalue weighted by atomic mass is 35.5. The Labute approximate surface area is 113 Å². The minimum atomic E-state index is -1.17. The fourth-order valence-corrected chi connectivity index (χ4v) is 1.57. The van der Waals surface area contributed by atoms with Crippen molar-refractivity contribution >= 4 is 29.3 Å². The van der Waals surface area contributed by atoms with Crippen LogP contribution in [-0.2, 0) is 0 Å². The van der Waals surface area contributed by atoms with E-state index in [1.54, 1.807) is 6.07 Å². The number of carboxylic acids is 1. The van der Waals surface area contributed by atoms with Gasteiger partial charge in [0.1, 0.15) is 11.0 Å². The molecule has 19 heavy (non-hydrogen) atoms. The van der Waals surface area contributed by atoms with Crippen molar-refractivity contribution in [1.29, 1.82) is 0 Å². The van der Waals surface area contributed by atoms with Gasteiger partial charge in [0.25, 0.3) is 5.91 Å². The predicted octanol–water partition coefficient (Wildman–Crippen LogP) is 2.08. The van der Waals surface area contributed by atoms with Crippen LogP contribution in [0.5, 0.6) is 0 Å². The topological polar surface area (TPSA) is 92.2 Å². The molecule has 2 heterocycles. The lowest BCUT2D eigenvalue weighted by Crippen LogP contribution is -2.15. The summed E-state index contributed by atoms with van der Waals surface area (Å²) in [4.78, 5) is 30.2. The van der Waals surface area contributed by atoms with Crippen LogP contribution in [0.15, 0.2) is 36.5 Å². The molecule has 0 spiro atoms. The van der Waals surface area contributed by atoms with E-state index in [0.29, 0.717) is 0 Å². The summed E-state index contributed by atoms with van der Waals surface area (Å²) in [5, 5.41) is 11.3. The first-order chi connectivity index (χ1) is 9.08. The number of carbonyl (C=O) groups excluding carboxylic acids is 1. The lowest BCUT2D eigenvalue weighted by molar-refractivity contribution is 0.0690. The van der Waals surface area contributed by atoms with Crippen molar-refractivity contribution in [2.75, 3.05) is 5.32 Å². The molecule has 6 nitrogen and oxygen atoms in total. The zero-order valence-corrected chi connectivity index (χ0v) is 10.3. The van der Waals surface area contributed by atoms with Crippen molar-refractivity contribution in [3.8, 4) is 0 Å². The molecule has 0 atom stereocenters. The second-order valence-corrected chi connectivity index (χ2v) is 3.87. The summed E-state index contributed by atoms with van der Waals surface area (Å²) >= 11 is 5.78. The molecule has 2 aromatic rings. The van der Waals surface area contributed by atoms with Gasteiger partial charge in [0.15, 0.2) is 5.69 Å². The van der Waals surface area contributed by atoms with Gasteiger partial charge in [0.2, 0.25) is 0 Å². The van der Waals surface area contributed by atoms with Gasteiger partial charge < -0.3 is 10.4 Å². The van der Waals surface area contributed by atoms with Crippen molar-refractivity contribution < 1.29 is 14.7 Å². The lowest BCUT2D eigenvalue weighted by atomic mass is 10.2. The Bertz CT molecular complexity index is 646. The van der Waals surface area contributed by atoms with Crippen LogP contribution >= 0.6 is 11.6 Å². The Morgan fingerprint density at radius 2 is 2.00 bits per heavy atom. The third-order valence-corrected chi connectivity index (χ3v) is 2.51. The average molecular weight is 278 g/mol. The largest absolute Gasteiger partial charge is 0.477 e. The first-order valence-corrected chi connectivity index (χ1v) is 5.58. The van der Waals surface area contributed by atoms with Gasteiger partial charge in [-0.3, -0.25) is 4.79 Å². The maximum absolute atomic E-state index is 11.9. The molecule has 0 aliphatic carbocycles. The van der Waals surface area contributed by atoms with Crippen LogP contribution in [0.4, 0.5) is 5.82 Å². The van der Waals surface area contributed by atoms with Crippen LogP contribution < -0.4 is 5.32 Å². The van der Waals surface area contributed by atoms with Crippen molar-refractivity contribution in [1.82, 2.24) is 9.97 Å². The van der Waals surface area contributed by atoms with Crippen molar-refractivity contribution in [2.45, 2.75) is 0 Å². The zero-order chi connectivity index (χ0) is 13.8. The number of nitrogens with zero attached hydrogens (tertiary/aromatic N) is 2. The standard InChI is InChI=1S/C12H8ClN3O3/c13-10-7(3-2-6-14-10)11(17)16-9-5-1-4-8(15-9)12(18)19/h1-6H,(H,18,19)(H,15,16,17). The molecule has 0 bridgehead atoms. The van der Waals surface area contributed by atoms with E-state index in [9.17, 15) is 9.59 Å². The summed E-state index contributed by atoms with van der Waals surface area (Å²) in [5.74, 6) is -1.55. The van der Waals surface area contributed by atoms with Crippen LogP contribution in [0.3, 0.4) is 0 Å². The molecule has 2 N–H and O–H groups in total. The number of rotatable bonds is 3. The molecule has 96 valence electrons. The van der Waals surface area contributed by atoms with Crippen LogP contribution in [0.25, 0.3) is 0 Å². The van der Waals surface area contributed by atoms with Crippen LogP contribution in [-0.4, -0.2) is 27.0 Å². The van der Waals surface area contributed by atoms with Gasteiger partial charge >= 0.3 is 5.97 Å². The molecule has 7 heteroatoms. The van der Waals surface area contributed by atoms with E-state index < -0.39 is 11.9 Å². The van der Waals surface area contributed by atoms with Crippen LogP contribution in [0.1, 0.15) is 20.8 Å². The maximum atomic E-state index is 11.9. The van der Waals surface area contributed by atoms with Crippen molar-refractivity contribution in [2.24, 2.45) is 0 Å². The van der Waals surface area contributed by atoms with Gasteiger partial charge in [-0.15, -0.1) is 0 Å². The lowest BCUT2D eigenvalue weighted by Gasteiger charge is -2.05. The summed E-state index contributed by atoms with van der Waals surface area (Å²) in [5.41, 5.74) is 0.0294. The Morgan fingerprint density at radius 1 is 1.21 bits per heavy atom. The Hall–Kier alpha value is -2.47. The number of pyridine rings is 2. The van der Waals surface area contributed by atoms with E-state index in [1.807, 2.05) is 0 Å². The first-order valence-electron chi connectivity index (χ1n) is 5.20. The quantitative estimate of drug-likeness (QED) is 0.838. The monoisotopic (exact) mass is 277 g/mol. The number of carbonyl (C=O) groups is 2.